The van der Waals surface area contributed by atoms with Crippen molar-refractivity contribution in [2.45, 2.75) is 27.7 Å². The minimum Gasteiger partial charge on any atom is -0.455 e. The number of benzene rings is 12. The van der Waals surface area contributed by atoms with Crippen molar-refractivity contribution in [1.82, 2.24) is 0 Å². The monoisotopic (exact) mass is 990 g/mol. The molecular weight excluding hydrogens is 941 g/mol. The van der Waals surface area contributed by atoms with E-state index in [0.717, 1.165) is 155 Å². The number of hydrogen-bond donors (Lipinski definition) is 0. The summed E-state index contributed by atoms with van der Waals surface area (Å²) in [6, 6.07) is 82.5. The Balaban J connectivity index is 1.02. The van der Waals surface area contributed by atoms with Crippen LogP contribution in [-0.4, -0.2) is 0 Å². The maximum atomic E-state index is 7.29. The fourth-order valence-electron chi connectivity index (χ4n) is 12.3. The van der Waals surface area contributed by atoms with E-state index < -0.39 is 0 Å². The van der Waals surface area contributed by atoms with Gasteiger partial charge >= 0.3 is 0 Å². The number of hydrogen-bond acceptors (Lipinski definition) is 5. The van der Waals surface area contributed by atoms with Crippen molar-refractivity contribution < 1.29 is 13.3 Å². The van der Waals surface area contributed by atoms with E-state index in [0.29, 0.717) is 0 Å². The molecule has 0 aliphatic heterocycles. The van der Waals surface area contributed by atoms with Gasteiger partial charge in [0.2, 0.25) is 0 Å². The molecule has 0 spiro atoms. The summed E-state index contributed by atoms with van der Waals surface area (Å²) in [5, 5.41) is 10.4. The highest BCUT2D eigenvalue weighted by atomic mass is 16.3. The molecule has 0 aliphatic carbocycles. The molecular formula is C72H50N2O3. The Morgan fingerprint density at radius 3 is 0.909 bits per heavy atom. The lowest BCUT2D eigenvalue weighted by Gasteiger charge is -2.29. The van der Waals surface area contributed by atoms with Crippen molar-refractivity contribution in [3.05, 3.63) is 253 Å². The average molecular weight is 991 g/mol. The van der Waals surface area contributed by atoms with Gasteiger partial charge in [0.05, 0.1) is 22.7 Å². The second-order valence-corrected chi connectivity index (χ2v) is 20.5. The maximum absolute atomic E-state index is 7.29. The van der Waals surface area contributed by atoms with E-state index in [1.165, 1.54) is 11.1 Å². The normalized spacial score (nSPS) is 11.9. The molecule has 0 bridgehead atoms. The largest absolute Gasteiger partial charge is 0.455 e. The van der Waals surface area contributed by atoms with Crippen molar-refractivity contribution in [2.75, 3.05) is 9.80 Å². The van der Waals surface area contributed by atoms with Crippen LogP contribution in [0.25, 0.3) is 110 Å². The molecule has 3 aromatic heterocycles. The Bertz CT molecular complexity index is 4590. The zero-order valence-corrected chi connectivity index (χ0v) is 43.1. The number of aryl methyl sites for hydroxylation is 4. The maximum Gasteiger partial charge on any atom is 0.159 e. The first-order valence-electron chi connectivity index (χ1n) is 26.4. The zero-order valence-electron chi connectivity index (χ0n) is 43.1. The fraction of sp³-hybridized carbons (Fsp3) is 0.0556. The Labute approximate surface area is 445 Å². The van der Waals surface area contributed by atoms with Crippen LogP contribution in [0.5, 0.6) is 0 Å². The highest BCUT2D eigenvalue weighted by molar-refractivity contribution is 6.26. The molecule has 77 heavy (non-hydrogen) atoms. The molecule has 0 N–H and O–H groups in total. The molecule has 0 radical (unpaired) electrons. The Kier molecular flexibility index (Phi) is 10.1. The van der Waals surface area contributed by atoms with E-state index in [2.05, 4.69) is 268 Å². The minimum atomic E-state index is 0.820. The Hall–Kier alpha value is -9.84. The summed E-state index contributed by atoms with van der Waals surface area (Å²) in [5.74, 6) is 0. The Morgan fingerprint density at radius 1 is 0.208 bits per heavy atom. The van der Waals surface area contributed by atoms with Crippen LogP contribution in [0.2, 0.25) is 0 Å². The molecule has 0 amide bonds. The van der Waals surface area contributed by atoms with Gasteiger partial charge in [0.25, 0.3) is 0 Å². The van der Waals surface area contributed by atoms with Gasteiger partial charge in [0.15, 0.2) is 11.2 Å². The summed E-state index contributed by atoms with van der Waals surface area (Å²) in [5.41, 5.74) is 20.2. The van der Waals surface area contributed by atoms with Crippen molar-refractivity contribution in [2.24, 2.45) is 0 Å². The first-order valence-corrected chi connectivity index (χ1v) is 26.4. The lowest BCUT2D eigenvalue weighted by molar-refractivity contribution is 0.670. The highest BCUT2D eigenvalue weighted by Gasteiger charge is 2.29. The van der Waals surface area contributed by atoms with Crippen molar-refractivity contribution in [3.63, 3.8) is 0 Å². The van der Waals surface area contributed by atoms with Crippen LogP contribution in [0.3, 0.4) is 0 Å². The predicted molar refractivity (Wildman–Crippen MR) is 322 cm³/mol. The average Bonchev–Trinajstić information content (AvgIpc) is 4.26. The third-order valence-electron chi connectivity index (χ3n) is 16.0. The molecule has 0 unspecified atom stereocenters. The lowest BCUT2D eigenvalue weighted by Crippen LogP contribution is -2.12. The molecule has 0 fully saturated rings. The lowest BCUT2D eigenvalue weighted by atomic mass is 9.98. The molecule has 0 aliphatic rings. The van der Waals surface area contributed by atoms with Gasteiger partial charge in [-0.05, 0) is 97.5 Å². The number of anilines is 6. The molecule has 366 valence electrons. The summed E-state index contributed by atoms with van der Waals surface area (Å²) in [4.78, 5) is 4.81. The molecule has 15 rings (SSSR count). The number of furan rings is 3. The van der Waals surface area contributed by atoms with E-state index >= 15 is 0 Å². The molecule has 12 aromatic carbocycles. The summed E-state index contributed by atoms with van der Waals surface area (Å²) in [6.45, 7) is 8.71. The molecule has 0 atom stereocenters. The van der Waals surface area contributed by atoms with E-state index in [-0.39, 0.29) is 0 Å². The van der Waals surface area contributed by atoms with Crippen LogP contribution >= 0.6 is 0 Å². The van der Waals surface area contributed by atoms with E-state index in [4.69, 9.17) is 13.3 Å². The zero-order chi connectivity index (χ0) is 51.5. The minimum absolute atomic E-state index is 0.820. The third-order valence-corrected chi connectivity index (χ3v) is 16.0. The van der Waals surface area contributed by atoms with E-state index in [1.54, 1.807) is 0 Å². The molecule has 15 aromatic rings. The van der Waals surface area contributed by atoms with Crippen molar-refractivity contribution in [1.29, 1.82) is 0 Å². The predicted octanol–water partition coefficient (Wildman–Crippen LogP) is 21.2. The van der Waals surface area contributed by atoms with Gasteiger partial charge in [-0.15, -0.1) is 0 Å². The van der Waals surface area contributed by atoms with Gasteiger partial charge in [0.1, 0.15) is 22.3 Å². The third kappa shape index (κ3) is 6.80. The number of para-hydroxylation sites is 6. The summed E-state index contributed by atoms with van der Waals surface area (Å²) in [6.07, 6.45) is 0. The molecule has 0 saturated heterocycles. The molecule has 5 heteroatoms. The quantitative estimate of drug-likeness (QED) is 0.152. The van der Waals surface area contributed by atoms with Crippen LogP contribution in [-0.2, 0) is 0 Å². The fourth-order valence-corrected chi connectivity index (χ4v) is 12.3. The van der Waals surface area contributed by atoms with Gasteiger partial charge in [0, 0.05) is 76.4 Å². The van der Waals surface area contributed by atoms with E-state index in [1.807, 2.05) is 0 Å². The van der Waals surface area contributed by atoms with Gasteiger partial charge < -0.3 is 23.1 Å². The second kappa shape index (κ2) is 17.4. The first-order chi connectivity index (χ1) is 37.9. The SMILES string of the molecule is Cc1ccccc1-c1cccc2c1oc1c(N(c3ccccc3C)c3cc4c5cc(N(c6ccccc6C)c6cccc7c6oc6c(-c8ccccc8C)cccc67)c6ccccc6c5oc4c4ccccc34)cccc12. The number of nitrogens with zero attached hydrogens (tertiary/aromatic N) is 2. The van der Waals surface area contributed by atoms with Crippen LogP contribution in [0, 0.1) is 27.7 Å². The summed E-state index contributed by atoms with van der Waals surface area (Å²) >= 11 is 0. The smallest absolute Gasteiger partial charge is 0.159 e. The van der Waals surface area contributed by atoms with Crippen LogP contribution < -0.4 is 9.80 Å². The Morgan fingerprint density at radius 2 is 0.494 bits per heavy atom. The molecule has 0 saturated carbocycles. The van der Waals surface area contributed by atoms with Crippen molar-refractivity contribution in [3.8, 4) is 22.3 Å². The summed E-state index contributed by atoms with van der Waals surface area (Å²) in [7, 11) is 0. The molecule has 3 heterocycles. The van der Waals surface area contributed by atoms with Crippen LogP contribution in [0.15, 0.2) is 244 Å². The molecule has 5 nitrogen and oxygen atoms in total. The number of rotatable bonds is 8. The van der Waals surface area contributed by atoms with Gasteiger partial charge in [-0.25, -0.2) is 0 Å². The topological polar surface area (TPSA) is 45.9 Å². The first kappa shape index (κ1) is 44.6. The van der Waals surface area contributed by atoms with E-state index in [9.17, 15) is 0 Å². The second-order valence-electron chi connectivity index (χ2n) is 20.5. The standard InChI is InChI=1S/C72H50N2O3/c1-43-21-5-9-25-47(43)51-31-17-33-55-57-35-19-39-63(71(57)76-67(51)55)73(61-37-15-7-23-45(61)3)65-41-59-60-42-66(50-28-12-14-30-54(50)70(60)75-69(59)53-29-13-11-27-49(53)65)74(62-38-16-8-24-46(62)4)64-40-20-36-58-56-34-18-32-52(68(56)77-72(58)64)48-26-10-6-22-44(48)2/h5-42H,1-4H3. The van der Waals surface area contributed by atoms with Crippen molar-refractivity contribution >= 4 is 121 Å². The van der Waals surface area contributed by atoms with Gasteiger partial charge in [-0.2, -0.15) is 0 Å². The summed E-state index contributed by atoms with van der Waals surface area (Å²) < 4.78 is 21.8. The highest BCUT2D eigenvalue weighted by Crippen LogP contribution is 2.52. The van der Waals surface area contributed by atoms with Gasteiger partial charge in [-0.3, -0.25) is 0 Å². The number of fused-ring (bicyclic) bond motifs is 13. The van der Waals surface area contributed by atoms with Gasteiger partial charge in [-0.1, -0.05) is 194 Å². The van der Waals surface area contributed by atoms with Crippen LogP contribution in [0.1, 0.15) is 22.3 Å². The van der Waals surface area contributed by atoms with Crippen LogP contribution in [0.4, 0.5) is 34.1 Å².